The molecule has 3 heteroatoms. The van der Waals surface area contributed by atoms with Gasteiger partial charge in [0.2, 0.25) is 0 Å². The lowest BCUT2D eigenvalue weighted by atomic mass is 10.1. The molecule has 0 aromatic heterocycles. The Morgan fingerprint density at radius 3 is 2.60 bits per heavy atom. The van der Waals surface area contributed by atoms with Crippen LogP contribution in [0.1, 0.15) is 24.1 Å². The van der Waals surface area contributed by atoms with Crippen LogP contribution in [-0.4, -0.2) is 13.2 Å². The van der Waals surface area contributed by atoms with Gasteiger partial charge in [-0.05, 0) is 30.2 Å². The summed E-state index contributed by atoms with van der Waals surface area (Å²) in [6.45, 7) is 3.73. The first kappa shape index (κ1) is 14.6. The second-order valence-corrected chi connectivity index (χ2v) is 4.61. The van der Waals surface area contributed by atoms with Gasteiger partial charge < -0.3 is 15.2 Å². The Hall–Kier alpha value is -1.84. The van der Waals surface area contributed by atoms with Gasteiger partial charge in [-0.15, -0.1) is 0 Å². The Morgan fingerprint density at radius 1 is 1.05 bits per heavy atom. The molecule has 0 heterocycles. The van der Waals surface area contributed by atoms with Crippen LogP contribution in [0, 0.1) is 0 Å². The third kappa shape index (κ3) is 4.37. The van der Waals surface area contributed by atoms with Crippen molar-refractivity contribution in [1.29, 1.82) is 0 Å². The highest BCUT2D eigenvalue weighted by molar-refractivity contribution is 5.30. The molecule has 106 valence electrons. The molecule has 0 saturated heterocycles. The molecule has 20 heavy (non-hydrogen) atoms. The van der Waals surface area contributed by atoms with E-state index in [0.29, 0.717) is 19.8 Å². The van der Waals surface area contributed by atoms with E-state index < -0.39 is 0 Å². The molecule has 0 fully saturated rings. The summed E-state index contributed by atoms with van der Waals surface area (Å²) in [4.78, 5) is 0. The minimum Gasteiger partial charge on any atom is -0.489 e. The Bertz CT molecular complexity index is 513. The van der Waals surface area contributed by atoms with Crippen LogP contribution >= 0.6 is 0 Å². The zero-order chi connectivity index (χ0) is 14.2. The number of ether oxygens (including phenoxy) is 2. The van der Waals surface area contributed by atoms with Crippen molar-refractivity contribution in [2.24, 2.45) is 5.73 Å². The quantitative estimate of drug-likeness (QED) is 0.840. The van der Waals surface area contributed by atoms with Crippen molar-refractivity contribution in [2.45, 2.75) is 19.6 Å². The van der Waals surface area contributed by atoms with Crippen molar-refractivity contribution in [2.75, 3.05) is 13.2 Å². The van der Waals surface area contributed by atoms with Gasteiger partial charge in [-0.3, -0.25) is 0 Å². The fourth-order valence-corrected chi connectivity index (χ4v) is 1.92. The highest BCUT2D eigenvalue weighted by Crippen LogP contribution is 2.19. The average Bonchev–Trinajstić information content (AvgIpc) is 2.52. The SMILES string of the molecule is CCOCC(N)c1cccc(OCc2ccccc2)c1. The molecule has 0 spiro atoms. The first-order valence-corrected chi connectivity index (χ1v) is 6.89. The van der Waals surface area contributed by atoms with E-state index >= 15 is 0 Å². The van der Waals surface area contributed by atoms with Crippen molar-refractivity contribution >= 4 is 0 Å². The van der Waals surface area contributed by atoms with Crippen molar-refractivity contribution in [3.05, 3.63) is 65.7 Å². The minimum absolute atomic E-state index is 0.116. The van der Waals surface area contributed by atoms with Crippen molar-refractivity contribution in [3.63, 3.8) is 0 Å². The average molecular weight is 271 g/mol. The second-order valence-electron chi connectivity index (χ2n) is 4.61. The van der Waals surface area contributed by atoms with Gasteiger partial charge in [0.15, 0.2) is 0 Å². The summed E-state index contributed by atoms with van der Waals surface area (Å²) in [6, 6.07) is 17.9. The number of hydrogen-bond acceptors (Lipinski definition) is 3. The Labute approximate surface area is 120 Å². The van der Waals surface area contributed by atoms with Crippen molar-refractivity contribution < 1.29 is 9.47 Å². The molecule has 0 aliphatic carbocycles. The molecule has 0 bridgehead atoms. The van der Waals surface area contributed by atoms with E-state index in [2.05, 4.69) is 0 Å². The molecule has 0 amide bonds. The molecule has 2 rings (SSSR count). The topological polar surface area (TPSA) is 44.5 Å². The summed E-state index contributed by atoms with van der Waals surface area (Å²) >= 11 is 0. The Balaban J connectivity index is 1.95. The van der Waals surface area contributed by atoms with Gasteiger partial charge in [0.25, 0.3) is 0 Å². The molecule has 0 aliphatic rings. The van der Waals surface area contributed by atoms with Crippen molar-refractivity contribution in [3.8, 4) is 5.75 Å². The van der Waals surface area contributed by atoms with E-state index in [1.807, 2.05) is 61.5 Å². The van der Waals surface area contributed by atoms with Gasteiger partial charge in [0.05, 0.1) is 12.6 Å². The van der Waals surface area contributed by atoms with Crippen LogP contribution in [0.5, 0.6) is 5.75 Å². The van der Waals surface area contributed by atoms with Crippen LogP contribution in [0.25, 0.3) is 0 Å². The highest BCUT2D eigenvalue weighted by atomic mass is 16.5. The molecule has 0 saturated carbocycles. The molecule has 2 aromatic carbocycles. The minimum atomic E-state index is -0.116. The Kier molecular flexibility index (Phi) is 5.59. The first-order chi connectivity index (χ1) is 9.79. The van der Waals surface area contributed by atoms with Gasteiger partial charge in [0, 0.05) is 6.61 Å². The number of rotatable bonds is 7. The van der Waals surface area contributed by atoms with Gasteiger partial charge in [-0.25, -0.2) is 0 Å². The lowest BCUT2D eigenvalue weighted by Gasteiger charge is -2.13. The largest absolute Gasteiger partial charge is 0.489 e. The summed E-state index contributed by atoms with van der Waals surface area (Å²) in [5, 5.41) is 0. The summed E-state index contributed by atoms with van der Waals surface area (Å²) in [6.07, 6.45) is 0. The molecule has 3 nitrogen and oxygen atoms in total. The molecule has 2 aromatic rings. The second kappa shape index (κ2) is 7.68. The molecule has 1 unspecified atom stereocenters. The monoisotopic (exact) mass is 271 g/mol. The summed E-state index contributed by atoms with van der Waals surface area (Å²) in [5.41, 5.74) is 8.26. The number of nitrogens with two attached hydrogens (primary N) is 1. The standard InChI is InChI=1S/C17H21NO2/c1-2-19-13-17(18)15-9-6-10-16(11-15)20-12-14-7-4-3-5-8-14/h3-11,17H,2,12-13,18H2,1H3. The summed E-state index contributed by atoms with van der Waals surface area (Å²) in [7, 11) is 0. The molecule has 1 atom stereocenters. The lowest BCUT2D eigenvalue weighted by molar-refractivity contribution is 0.133. The third-order valence-electron chi connectivity index (χ3n) is 3.04. The smallest absolute Gasteiger partial charge is 0.120 e. The lowest BCUT2D eigenvalue weighted by Crippen LogP contribution is -2.17. The fourth-order valence-electron chi connectivity index (χ4n) is 1.92. The van der Waals surface area contributed by atoms with Gasteiger partial charge >= 0.3 is 0 Å². The van der Waals surface area contributed by atoms with Crippen LogP contribution < -0.4 is 10.5 Å². The van der Waals surface area contributed by atoms with E-state index in [1.165, 1.54) is 0 Å². The van der Waals surface area contributed by atoms with E-state index in [9.17, 15) is 0 Å². The Morgan fingerprint density at radius 2 is 1.85 bits per heavy atom. The van der Waals surface area contributed by atoms with Crippen LogP contribution in [0.4, 0.5) is 0 Å². The molecule has 0 radical (unpaired) electrons. The maximum absolute atomic E-state index is 6.08. The predicted molar refractivity (Wildman–Crippen MR) is 80.6 cm³/mol. The van der Waals surface area contributed by atoms with Crippen molar-refractivity contribution in [1.82, 2.24) is 0 Å². The third-order valence-corrected chi connectivity index (χ3v) is 3.04. The maximum atomic E-state index is 6.08. The van der Waals surface area contributed by atoms with E-state index in [-0.39, 0.29) is 6.04 Å². The molecular weight excluding hydrogens is 250 g/mol. The zero-order valence-electron chi connectivity index (χ0n) is 11.8. The predicted octanol–water partition coefficient (Wildman–Crippen LogP) is 3.30. The van der Waals surface area contributed by atoms with Gasteiger partial charge in [0.1, 0.15) is 12.4 Å². The van der Waals surface area contributed by atoms with E-state index in [1.54, 1.807) is 0 Å². The first-order valence-electron chi connectivity index (χ1n) is 6.89. The van der Waals surface area contributed by atoms with E-state index in [4.69, 9.17) is 15.2 Å². The van der Waals surface area contributed by atoms with Crippen LogP contribution in [0.15, 0.2) is 54.6 Å². The van der Waals surface area contributed by atoms with Crippen LogP contribution in [0.3, 0.4) is 0 Å². The molecular formula is C17H21NO2. The summed E-state index contributed by atoms with van der Waals surface area (Å²) < 4.78 is 11.1. The van der Waals surface area contributed by atoms with Crippen LogP contribution in [0.2, 0.25) is 0 Å². The number of benzene rings is 2. The van der Waals surface area contributed by atoms with E-state index in [0.717, 1.165) is 16.9 Å². The van der Waals surface area contributed by atoms with Gasteiger partial charge in [-0.2, -0.15) is 0 Å². The fraction of sp³-hybridized carbons (Fsp3) is 0.294. The maximum Gasteiger partial charge on any atom is 0.120 e. The normalized spacial score (nSPS) is 12.1. The molecule has 0 aliphatic heterocycles. The zero-order valence-corrected chi connectivity index (χ0v) is 11.8. The summed E-state index contributed by atoms with van der Waals surface area (Å²) in [5.74, 6) is 0.832. The molecule has 2 N–H and O–H groups in total. The number of hydrogen-bond donors (Lipinski definition) is 1. The van der Waals surface area contributed by atoms with Crippen LogP contribution in [-0.2, 0) is 11.3 Å². The highest BCUT2D eigenvalue weighted by Gasteiger charge is 2.07. The van der Waals surface area contributed by atoms with Gasteiger partial charge in [-0.1, -0.05) is 42.5 Å².